The molecule has 2 N–H and O–H groups in total. The summed E-state index contributed by atoms with van der Waals surface area (Å²) in [5.74, 6) is 1.64. The van der Waals surface area contributed by atoms with Crippen molar-refractivity contribution in [1.29, 1.82) is 0 Å². The van der Waals surface area contributed by atoms with Crippen LogP contribution in [-0.4, -0.2) is 45.9 Å². The van der Waals surface area contributed by atoms with Crippen LogP contribution in [0, 0.1) is 0 Å². The van der Waals surface area contributed by atoms with E-state index in [4.69, 9.17) is 13.9 Å². The molecular weight excluding hydrogens is 409 g/mol. The molecule has 1 aromatic heterocycles. The summed E-state index contributed by atoms with van der Waals surface area (Å²) < 4.78 is 15.7. The normalized spacial score (nSPS) is 10.9. The van der Waals surface area contributed by atoms with E-state index in [0.29, 0.717) is 19.8 Å². The Morgan fingerprint density at radius 2 is 2.22 bits per heavy atom. The first-order valence-electron chi connectivity index (χ1n) is 7.59. The molecule has 1 rings (SSSR count). The van der Waals surface area contributed by atoms with Gasteiger partial charge in [0.25, 0.3) is 0 Å². The number of furan rings is 1. The summed E-state index contributed by atoms with van der Waals surface area (Å²) in [5, 5.41) is 6.46. The SMILES string of the molecule is C=CCNC(=NCCCOC)NCCCOCc1ccco1.I. The summed E-state index contributed by atoms with van der Waals surface area (Å²) in [6.45, 7) is 7.81. The summed E-state index contributed by atoms with van der Waals surface area (Å²) in [4.78, 5) is 4.47. The van der Waals surface area contributed by atoms with Crippen LogP contribution in [0.15, 0.2) is 40.5 Å². The second-order valence-corrected chi connectivity index (χ2v) is 4.66. The first kappa shape index (κ1) is 21.9. The first-order valence-corrected chi connectivity index (χ1v) is 7.59. The number of hydrogen-bond acceptors (Lipinski definition) is 4. The minimum absolute atomic E-state index is 0. The number of halogens is 1. The van der Waals surface area contributed by atoms with Crippen molar-refractivity contribution < 1.29 is 13.9 Å². The van der Waals surface area contributed by atoms with Gasteiger partial charge in [0, 0.05) is 40.0 Å². The van der Waals surface area contributed by atoms with E-state index < -0.39 is 0 Å². The van der Waals surface area contributed by atoms with Crippen molar-refractivity contribution in [2.45, 2.75) is 19.4 Å². The molecule has 1 heterocycles. The Kier molecular flexibility index (Phi) is 15.1. The van der Waals surface area contributed by atoms with Crippen LogP contribution in [0.4, 0.5) is 0 Å². The number of aliphatic imine (C=N–C) groups is 1. The third-order valence-corrected chi connectivity index (χ3v) is 2.77. The van der Waals surface area contributed by atoms with E-state index in [0.717, 1.165) is 44.3 Å². The van der Waals surface area contributed by atoms with Gasteiger partial charge in [0.1, 0.15) is 12.4 Å². The molecule has 0 saturated carbocycles. The second-order valence-electron chi connectivity index (χ2n) is 4.66. The summed E-state index contributed by atoms with van der Waals surface area (Å²) in [7, 11) is 1.70. The lowest BCUT2D eigenvalue weighted by molar-refractivity contribution is 0.105. The van der Waals surface area contributed by atoms with Crippen LogP contribution >= 0.6 is 24.0 Å². The Bertz CT molecular complexity index is 411. The smallest absolute Gasteiger partial charge is 0.191 e. The Balaban J connectivity index is 0.00000484. The zero-order valence-corrected chi connectivity index (χ0v) is 16.1. The van der Waals surface area contributed by atoms with E-state index in [-0.39, 0.29) is 24.0 Å². The number of nitrogens with zero attached hydrogens (tertiary/aromatic N) is 1. The van der Waals surface area contributed by atoms with Crippen LogP contribution in [0.5, 0.6) is 0 Å². The van der Waals surface area contributed by atoms with Gasteiger partial charge in [0.15, 0.2) is 5.96 Å². The molecule has 0 aliphatic heterocycles. The highest BCUT2D eigenvalue weighted by Gasteiger charge is 1.98. The molecule has 0 aliphatic carbocycles. The molecule has 7 heteroatoms. The first-order chi connectivity index (χ1) is 10.9. The van der Waals surface area contributed by atoms with Crippen molar-refractivity contribution in [2.75, 3.05) is 40.0 Å². The number of hydrogen-bond donors (Lipinski definition) is 2. The van der Waals surface area contributed by atoms with Crippen molar-refractivity contribution in [1.82, 2.24) is 10.6 Å². The van der Waals surface area contributed by atoms with Crippen molar-refractivity contribution >= 4 is 29.9 Å². The maximum Gasteiger partial charge on any atom is 0.191 e. The predicted molar refractivity (Wildman–Crippen MR) is 103 cm³/mol. The van der Waals surface area contributed by atoms with Crippen molar-refractivity contribution in [3.05, 3.63) is 36.8 Å². The molecule has 0 saturated heterocycles. The van der Waals surface area contributed by atoms with E-state index in [2.05, 4.69) is 22.2 Å². The number of rotatable bonds is 12. The lowest BCUT2D eigenvalue weighted by Gasteiger charge is -2.11. The molecule has 0 unspecified atom stereocenters. The van der Waals surface area contributed by atoms with Crippen LogP contribution in [0.3, 0.4) is 0 Å². The van der Waals surface area contributed by atoms with Crippen LogP contribution in [0.2, 0.25) is 0 Å². The molecule has 0 fully saturated rings. The Morgan fingerprint density at radius 1 is 1.35 bits per heavy atom. The van der Waals surface area contributed by atoms with Gasteiger partial charge in [0.05, 0.1) is 6.26 Å². The van der Waals surface area contributed by atoms with Gasteiger partial charge in [0.2, 0.25) is 0 Å². The molecule has 132 valence electrons. The van der Waals surface area contributed by atoms with Crippen LogP contribution in [-0.2, 0) is 16.1 Å². The molecule has 6 nitrogen and oxygen atoms in total. The molecule has 0 aliphatic rings. The molecule has 0 radical (unpaired) electrons. The summed E-state index contributed by atoms with van der Waals surface area (Å²) in [6.07, 6.45) is 5.26. The maximum absolute atomic E-state index is 5.53. The molecule has 0 bridgehead atoms. The van der Waals surface area contributed by atoms with E-state index >= 15 is 0 Å². The van der Waals surface area contributed by atoms with E-state index in [9.17, 15) is 0 Å². The molecule has 0 aromatic carbocycles. The molecular formula is C16H28IN3O3. The summed E-state index contributed by atoms with van der Waals surface area (Å²) in [5.41, 5.74) is 0. The van der Waals surface area contributed by atoms with Gasteiger partial charge in [-0.05, 0) is 25.0 Å². The maximum atomic E-state index is 5.53. The fourth-order valence-electron chi connectivity index (χ4n) is 1.69. The average molecular weight is 437 g/mol. The van der Waals surface area contributed by atoms with Gasteiger partial charge in [-0.25, -0.2) is 0 Å². The molecule has 1 aromatic rings. The lowest BCUT2D eigenvalue weighted by Crippen LogP contribution is -2.38. The number of ether oxygens (including phenoxy) is 2. The zero-order valence-electron chi connectivity index (χ0n) is 13.8. The largest absolute Gasteiger partial charge is 0.467 e. The average Bonchev–Trinajstić information content (AvgIpc) is 3.04. The summed E-state index contributed by atoms with van der Waals surface area (Å²) in [6, 6.07) is 3.76. The zero-order chi connectivity index (χ0) is 15.9. The lowest BCUT2D eigenvalue weighted by atomic mass is 10.4. The van der Waals surface area contributed by atoms with Gasteiger partial charge < -0.3 is 24.5 Å². The highest BCUT2D eigenvalue weighted by Crippen LogP contribution is 2.01. The minimum Gasteiger partial charge on any atom is -0.467 e. The quantitative estimate of drug-likeness (QED) is 0.173. The van der Waals surface area contributed by atoms with Gasteiger partial charge >= 0.3 is 0 Å². The fourth-order valence-corrected chi connectivity index (χ4v) is 1.69. The van der Waals surface area contributed by atoms with Crippen LogP contribution in [0.25, 0.3) is 0 Å². The number of nitrogens with one attached hydrogen (secondary N) is 2. The monoisotopic (exact) mass is 437 g/mol. The van der Waals surface area contributed by atoms with E-state index in [1.54, 1.807) is 19.4 Å². The van der Waals surface area contributed by atoms with E-state index in [1.807, 2.05) is 12.1 Å². The predicted octanol–water partition coefficient (Wildman–Crippen LogP) is 2.56. The third-order valence-electron chi connectivity index (χ3n) is 2.77. The minimum atomic E-state index is 0. The molecule has 0 spiro atoms. The number of methoxy groups -OCH3 is 1. The molecule has 0 atom stereocenters. The summed E-state index contributed by atoms with van der Waals surface area (Å²) >= 11 is 0. The topological polar surface area (TPSA) is 68.0 Å². The Hall–Kier alpha value is -1.06. The second kappa shape index (κ2) is 15.8. The van der Waals surface area contributed by atoms with Gasteiger partial charge in [-0.1, -0.05) is 6.08 Å². The van der Waals surface area contributed by atoms with Gasteiger partial charge in [-0.2, -0.15) is 0 Å². The van der Waals surface area contributed by atoms with Gasteiger partial charge in [-0.3, -0.25) is 4.99 Å². The highest BCUT2D eigenvalue weighted by molar-refractivity contribution is 14.0. The van der Waals surface area contributed by atoms with Crippen LogP contribution in [0.1, 0.15) is 18.6 Å². The van der Waals surface area contributed by atoms with Crippen molar-refractivity contribution in [3.63, 3.8) is 0 Å². The number of guanidine groups is 1. The fraction of sp³-hybridized carbons (Fsp3) is 0.562. The third kappa shape index (κ3) is 12.1. The van der Waals surface area contributed by atoms with E-state index in [1.165, 1.54) is 0 Å². The van der Waals surface area contributed by atoms with Gasteiger partial charge in [-0.15, -0.1) is 30.6 Å². The Labute approximate surface area is 155 Å². The highest BCUT2D eigenvalue weighted by atomic mass is 127. The molecule has 0 amide bonds. The Morgan fingerprint density at radius 3 is 2.91 bits per heavy atom. The van der Waals surface area contributed by atoms with Crippen molar-refractivity contribution in [2.24, 2.45) is 4.99 Å². The van der Waals surface area contributed by atoms with Crippen molar-refractivity contribution in [3.8, 4) is 0 Å². The molecule has 23 heavy (non-hydrogen) atoms. The standard InChI is InChI=1S/C16H27N3O3.HI/c1-3-8-17-16(18-9-5-11-20-2)19-10-6-12-21-14-15-7-4-13-22-15;/h3-4,7,13H,1,5-6,8-12,14H2,2H3,(H2,17,18,19);1H. The van der Waals surface area contributed by atoms with Crippen LogP contribution < -0.4 is 10.6 Å².